The van der Waals surface area contributed by atoms with Crippen LogP contribution in [0, 0.1) is 5.92 Å². The van der Waals surface area contributed by atoms with Gasteiger partial charge in [0.1, 0.15) is 11.9 Å². The van der Waals surface area contributed by atoms with E-state index >= 15 is 0 Å². The molecule has 1 N–H and O–H groups in total. The molecule has 124 valence electrons. The summed E-state index contributed by atoms with van der Waals surface area (Å²) in [4.78, 5) is 0. The maximum Gasteiger partial charge on any atom is 0.420 e. The molecule has 1 aromatic carbocycles. The van der Waals surface area contributed by atoms with E-state index in [-0.39, 0.29) is 22.8 Å². The molecular formula is C15H19ClF3NOS. The summed E-state index contributed by atoms with van der Waals surface area (Å²) in [6.45, 7) is 3.69. The lowest BCUT2D eigenvalue weighted by molar-refractivity contribution is -0.139. The molecule has 2 rings (SSSR count). The van der Waals surface area contributed by atoms with Gasteiger partial charge in [0.05, 0.1) is 5.56 Å². The molecule has 1 saturated heterocycles. The second-order valence-electron chi connectivity index (χ2n) is 5.21. The average Bonchev–Trinajstić information content (AvgIpc) is 2.98. The molecule has 2 atom stereocenters. The van der Waals surface area contributed by atoms with Crippen LogP contribution in [-0.4, -0.2) is 30.7 Å². The molecular weight excluding hydrogens is 335 g/mol. The summed E-state index contributed by atoms with van der Waals surface area (Å²) in [7, 11) is 0. The van der Waals surface area contributed by atoms with Gasteiger partial charge in [-0.05, 0) is 36.9 Å². The van der Waals surface area contributed by atoms with Crippen LogP contribution in [0.5, 0.6) is 5.75 Å². The first-order valence-electron chi connectivity index (χ1n) is 7.23. The van der Waals surface area contributed by atoms with E-state index in [0.717, 1.165) is 31.3 Å². The third kappa shape index (κ3) is 4.70. The van der Waals surface area contributed by atoms with Crippen molar-refractivity contribution in [1.82, 2.24) is 5.32 Å². The van der Waals surface area contributed by atoms with Crippen LogP contribution in [0.15, 0.2) is 18.2 Å². The molecule has 0 bridgehead atoms. The minimum Gasteiger partial charge on any atom is -0.489 e. The van der Waals surface area contributed by atoms with E-state index in [2.05, 4.69) is 5.32 Å². The molecule has 0 spiro atoms. The molecule has 1 aliphatic heterocycles. The van der Waals surface area contributed by atoms with Gasteiger partial charge >= 0.3 is 6.18 Å². The second-order valence-corrected chi connectivity index (χ2v) is 6.96. The van der Waals surface area contributed by atoms with Gasteiger partial charge in [-0.15, -0.1) is 0 Å². The Morgan fingerprint density at radius 3 is 2.82 bits per heavy atom. The van der Waals surface area contributed by atoms with Crippen LogP contribution in [0.2, 0.25) is 5.02 Å². The Labute approximate surface area is 137 Å². The highest BCUT2D eigenvalue weighted by Crippen LogP contribution is 2.39. The van der Waals surface area contributed by atoms with Crippen LogP contribution < -0.4 is 10.1 Å². The Bertz CT molecular complexity index is 492. The monoisotopic (exact) mass is 353 g/mol. The Balaban J connectivity index is 2.21. The van der Waals surface area contributed by atoms with Gasteiger partial charge in [-0.25, -0.2) is 0 Å². The van der Waals surface area contributed by atoms with Crippen LogP contribution >= 0.6 is 23.4 Å². The van der Waals surface area contributed by atoms with Crippen molar-refractivity contribution in [3.05, 3.63) is 28.8 Å². The zero-order valence-corrected chi connectivity index (χ0v) is 13.8. The van der Waals surface area contributed by atoms with Crippen LogP contribution in [-0.2, 0) is 6.18 Å². The first kappa shape index (κ1) is 17.8. The number of nitrogens with one attached hydrogen (secondary N) is 1. The van der Waals surface area contributed by atoms with E-state index < -0.39 is 11.7 Å². The van der Waals surface area contributed by atoms with Crippen molar-refractivity contribution in [2.75, 3.05) is 24.6 Å². The lowest BCUT2D eigenvalue weighted by atomic mass is 10.0. The zero-order valence-electron chi connectivity index (χ0n) is 12.3. The minimum absolute atomic E-state index is 0.0571. The van der Waals surface area contributed by atoms with Crippen molar-refractivity contribution < 1.29 is 17.9 Å². The molecule has 0 saturated carbocycles. The van der Waals surface area contributed by atoms with Gasteiger partial charge in [0.15, 0.2) is 0 Å². The number of benzene rings is 1. The number of alkyl halides is 3. The molecule has 0 aliphatic carbocycles. The average molecular weight is 354 g/mol. The zero-order chi connectivity index (χ0) is 16.2. The highest BCUT2D eigenvalue weighted by molar-refractivity contribution is 7.99. The maximum absolute atomic E-state index is 13.2. The van der Waals surface area contributed by atoms with Crippen molar-refractivity contribution in [2.24, 2.45) is 5.92 Å². The Kier molecular flexibility index (Phi) is 6.29. The summed E-state index contributed by atoms with van der Waals surface area (Å²) in [6, 6.07) is 3.67. The lowest BCUT2D eigenvalue weighted by Crippen LogP contribution is -2.32. The number of rotatable bonds is 6. The van der Waals surface area contributed by atoms with Gasteiger partial charge in [0.25, 0.3) is 0 Å². The van der Waals surface area contributed by atoms with Gasteiger partial charge in [0, 0.05) is 23.2 Å². The van der Waals surface area contributed by atoms with E-state index in [1.807, 2.05) is 6.92 Å². The van der Waals surface area contributed by atoms with Crippen molar-refractivity contribution in [3.63, 3.8) is 0 Å². The maximum atomic E-state index is 13.2. The summed E-state index contributed by atoms with van der Waals surface area (Å²) in [6.07, 6.45) is -3.79. The van der Waals surface area contributed by atoms with E-state index in [9.17, 15) is 13.2 Å². The van der Waals surface area contributed by atoms with Gasteiger partial charge < -0.3 is 10.1 Å². The minimum atomic E-state index is -4.48. The summed E-state index contributed by atoms with van der Waals surface area (Å²) >= 11 is 7.38. The van der Waals surface area contributed by atoms with E-state index in [0.29, 0.717) is 5.75 Å². The van der Waals surface area contributed by atoms with Crippen LogP contribution in [0.4, 0.5) is 13.2 Å². The predicted octanol–water partition coefficient (Wildman–Crippen LogP) is 4.47. The van der Waals surface area contributed by atoms with Crippen molar-refractivity contribution in [3.8, 4) is 5.75 Å². The summed E-state index contributed by atoms with van der Waals surface area (Å²) in [5.41, 5.74) is -0.808. The molecule has 1 unspecified atom stereocenters. The first-order chi connectivity index (χ1) is 10.4. The molecule has 1 aromatic rings. The van der Waals surface area contributed by atoms with E-state index in [1.165, 1.54) is 12.1 Å². The van der Waals surface area contributed by atoms with Gasteiger partial charge in [-0.3, -0.25) is 0 Å². The fourth-order valence-corrected chi connectivity index (χ4v) is 3.46. The number of hydrogen-bond acceptors (Lipinski definition) is 3. The molecule has 0 radical (unpaired) electrons. The lowest BCUT2D eigenvalue weighted by Gasteiger charge is -2.26. The quantitative estimate of drug-likeness (QED) is 0.815. The van der Waals surface area contributed by atoms with Crippen molar-refractivity contribution >= 4 is 23.4 Å². The molecule has 1 heterocycles. The third-order valence-corrected chi connectivity index (χ3v) is 4.84. The fourth-order valence-electron chi connectivity index (χ4n) is 2.48. The summed E-state index contributed by atoms with van der Waals surface area (Å²) in [5.74, 6) is 1.69. The highest BCUT2D eigenvalue weighted by Gasteiger charge is 2.36. The molecule has 0 amide bonds. The summed E-state index contributed by atoms with van der Waals surface area (Å²) < 4.78 is 45.2. The highest BCUT2D eigenvalue weighted by atomic mass is 35.5. The van der Waals surface area contributed by atoms with Gasteiger partial charge in [0.2, 0.25) is 0 Å². The number of thioether (sulfide) groups is 1. The molecule has 22 heavy (non-hydrogen) atoms. The fraction of sp³-hybridized carbons (Fsp3) is 0.600. The SMILES string of the molecule is CCSC[C@H](Oc1ccc(Cl)cc1C(F)(F)F)C1CCNC1. The van der Waals surface area contributed by atoms with Crippen molar-refractivity contribution in [1.29, 1.82) is 0 Å². The molecule has 1 fully saturated rings. The van der Waals surface area contributed by atoms with Gasteiger partial charge in [-0.2, -0.15) is 24.9 Å². The molecule has 2 nitrogen and oxygen atoms in total. The van der Waals surface area contributed by atoms with Crippen LogP contribution in [0.1, 0.15) is 18.9 Å². The first-order valence-corrected chi connectivity index (χ1v) is 8.77. The van der Waals surface area contributed by atoms with E-state index in [1.54, 1.807) is 11.8 Å². The van der Waals surface area contributed by atoms with Crippen molar-refractivity contribution in [2.45, 2.75) is 25.6 Å². The van der Waals surface area contributed by atoms with Crippen LogP contribution in [0.25, 0.3) is 0 Å². The number of halogens is 4. The Hall–Kier alpha value is -0.590. The van der Waals surface area contributed by atoms with Crippen LogP contribution in [0.3, 0.4) is 0 Å². The normalized spacial score (nSPS) is 20.1. The molecule has 0 aromatic heterocycles. The molecule has 1 aliphatic rings. The number of hydrogen-bond donors (Lipinski definition) is 1. The Morgan fingerprint density at radius 2 is 2.23 bits per heavy atom. The van der Waals surface area contributed by atoms with Gasteiger partial charge in [-0.1, -0.05) is 18.5 Å². The topological polar surface area (TPSA) is 21.3 Å². The predicted molar refractivity (Wildman–Crippen MR) is 84.8 cm³/mol. The Morgan fingerprint density at radius 1 is 1.45 bits per heavy atom. The second kappa shape index (κ2) is 7.79. The summed E-state index contributed by atoms with van der Waals surface area (Å²) in [5, 5.41) is 3.29. The van der Waals surface area contributed by atoms with E-state index in [4.69, 9.17) is 16.3 Å². The molecule has 7 heteroatoms. The number of ether oxygens (including phenoxy) is 1. The third-order valence-electron chi connectivity index (χ3n) is 3.64. The standard InChI is InChI=1S/C15H19ClF3NOS/c1-2-22-9-14(10-5-6-20-8-10)21-13-4-3-11(16)7-12(13)15(17,18)19/h3-4,7,10,14,20H,2,5-6,8-9H2,1H3/t10?,14-/m0/s1. The smallest absolute Gasteiger partial charge is 0.420 e. The largest absolute Gasteiger partial charge is 0.489 e.